The van der Waals surface area contributed by atoms with Crippen LogP contribution in [0.3, 0.4) is 0 Å². The van der Waals surface area contributed by atoms with Crippen LogP contribution >= 0.6 is 22.9 Å². The second-order valence-corrected chi connectivity index (χ2v) is 6.20. The number of thiophene rings is 1. The lowest BCUT2D eigenvalue weighted by atomic mass is 9.70. The molecule has 0 radical (unpaired) electrons. The molecule has 1 unspecified atom stereocenters. The zero-order chi connectivity index (χ0) is 12.5. The lowest BCUT2D eigenvalue weighted by Gasteiger charge is -2.31. The molecule has 17 heavy (non-hydrogen) atoms. The standard InChI is InChI=1S/C12H13ClO3S/c13-10-5-4-8(17-10)7-12(11(15)16)6-2-1-3-9(12)14/h4-5H,1-3,6-7H2,(H,15,16). The van der Waals surface area contributed by atoms with Crippen molar-refractivity contribution in [3.8, 4) is 0 Å². The van der Waals surface area contributed by atoms with E-state index in [1.54, 1.807) is 12.1 Å². The highest BCUT2D eigenvalue weighted by Gasteiger charge is 2.46. The molecule has 92 valence electrons. The van der Waals surface area contributed by atoms with E-state index in [0.717, 1.165) is 17.7 Å². The molecule has 1 aliphatic carbocycles. The van der Waals surface area contributed by atoms with Crippen molar-refractivity contribution in [2.24, 2.45) is 5.41 Å². The van der Waals surface area contributed by atoms with Crippen LogP contribution in [-0.2, 0) is 16.0 Å². The molecule has 1 fully saturated rings. The first-order valence-corrected chi connectivity index (χ1v) is 6.75. The van der Waals surface area contributed by atoms with E-state index in [4.69, 9.17) is 11.6 Å². The summed E-state index contributed by atoms with van der Waals surface area (Å²) in [4.78, 5) is 24.3. The molecule has 2 rings (SSSR count). The maximum absolute atomic E-state index is 12.0. The Labute approximate surface area is 108 Å². The van der Waals surface area contributed by atoms with Gasteiger partial charge in [-0.2, -0.15) is 0 Å². The van der Waals surface area contributed by atoms with Crippen LogP contribution in [0.2, 0.25) is 4.34 Å². The summed E-state index contributed by atoms with van der Waals surface area (Å²) in [6, 6.07) is 3.55. The van der Waals surface area contributed by atoms with Gasteiger partial charge in [-0.15, -0.1) is 11.3 Å². The Morgan fingerprint density at radius 2 is 2.24 bits per heavy atom. The number of hydrogen-bond donors (Lipinski definition) is 1. The monoisotopic (exact) mass is 272 g/mol. The summed E-state index contributed by atoms with van der Waals surface area (Å²) in [5, 5.41) is 9.38. The fraction of sp³-hybridized carbons (Fsp3) is 0.500. The fourth-order valence-corrected chi connectivity index (χ4v) is 3.53. The van der Waals surface area contributed by atoms with E-state index in [2.05, 4.69) is 0 Å². The van der Waals surface area contributed by atoms with Crippen LogP contribution in [0.15, 0.2) is 12.1 Å². The molecular formula is C12H13ClO3S. The van der Waals surface area contributed by atoms with Gasteiger partial charge in [0.15, 0.2) is 5.78 Å². The molecule has 1 aromatic heterocycles. The molecule has 3 nitrogen and oxygen atoms in total. The first-order chi connectivity index (χ1) is 8.04. The van der Waals surface area contributed by atoms with E-state index in [1.165, 1.54) is 11.3 Å². The van der Waals surface area contributed by atoms with Crippen molar-refractivity contribution in [2.75, 3.05) is 0 Å². The van der Waals surface area contributed by atoms with Crippen LogP contribution in [-0.4, -0.2) is 16.9 Å². The number of halogens is 1. The van der Waals surface area contributed by atoms with Crippen molar-refractivity contribution in [2.45, 2.75) is 32.1 Å². The third-order valence-corrected chi connectivity index (χ3v) is 4.54. The van der Waals surface area contributed by atoms with E-state index < -0.39 is 11.4 Å². The lowest BCUT2D eigenvalue weighted by Crippen LogP contribution is -2.43. The Morgan fingerprint density at radius 3 is 2.76 bits per heavy atom. The van der Waals surface area contributed by atoms with Gasteiger partial charge < -0.3 is 5.11 Å². The number of carbonyl (C=O) groups is 2. The molecule has 5 heteroatoms. The van der Waals surface area contributed by atoms with Gasteiger partial charge in [0.2, 0.25) is 0 Å². The maximum atomic E-state index is 12.0. The summed E-state index contributed by atoms with van der Waals surface area (Å²) in [6.07, 6.45) is 2.71. The minimum atomic E-state index is -1.22. The van der Waals surface area contributed by atoms with E-state index in [9.17, 15) is 14.7 Å². The highest BCUT2D eigenvalue weighted by molar-refractivity contribution is 7.16. The van der Waals surface area contributed by atoms with Crippen LogP contribution in [0.1, 0.15) is 30.6 Å². The SMILES string of the molecule is O=C(O)C1(Cc2ccc(Cl)s2)CCCCC1=O. The summed E-state index contributed by atoms with van der Waals surface area (Å²) in [5.74, 6) is -1.13. The van der Waals surface area contributed by atoms with Crippen LogP contribution in [0.4, 0.5) is 0 Å². The van der Waals surface area contributed by atoms with E-state index in [1.807, 2.05) is 0 Å². The highest BCUT2D eigenvalue weighted by Crippen LogP contribution is 2.38. The van der Waals surface area contributed by atoms with Crippen LogP contribution in [0.5, 0.6) is 0 Å². The average molecular weight is 273 g/mol. The number of Topliss-reactive ketones (excluding diaryl/α,β-unsaturated/α-hetero) is 1. The molecule has 1 N–H and O–H groups in total. The second kappa shape index (κ2) is 4.78. The predicted octanol–water partition coefficient (Wildman–Crippen LogP) is 3.16. The summed E-state index contributed by atoms with van der Waals surface area (Å²) in [7, 11) is 0. The quantitative estimate of drug-likeness (QED) is 0.860. The largest absolute Gasteiger partial charge is 0.480 e. The molecule has 0 saturated heterocycles. The number of carboxylic acid groups (broad SMARTS) is 1. The van der Waals surface area contributed by atoms with Crippen molar-refractivity contribution in [1.82, 2.24) is 0 Å². The minimum absolute atomic E-state index is 0.138. The number of carbonyl (C=O) groups excluding carboxylic acids is 1. The molecule has 0 amide bonds. The van der Waals surface area contributed by atoms with Crippen LogP contribution in [0.25, 0.3) is 0 Å². The van der Waals surface area contributed by atoms with Gasteiger partial charge in [0, 0.05) is 17.7 Å². The first kappa shape index (κ1) is 12.6. The molecule has 1 atom stereocenters. The molecule has 1 aliphatic rings. The summed E-state index contributed by atoms with van der Waals surface area (Å²) in [6.45, 7) is 0. The number of carboxylic acids is 1. The molecule has 0 aliphatic heterocycles. The highest BCUT2D eigenvalue weighted by atomic mass is 35.5. The normalized spacial score (nSPS) is 24.9. The van der Waals surface area contributed by atoms with Crippen LogP contribution in [0, 0.1) is 5.41 Å². The topological polar surface area (TPSA) is 54.4 Å². The second-order valence-electron chi connectivity index (χ2n) is 4.40. The van der Waals surface area contributed by atoms with Crippen molar-refractivity contribution in [1.29, 1.82) is 0 Å². The molecule has 0 spiro atoms. The lowest BCUT2D eigenvalue weighted by molar-refractivity contribution is -0.157. The van der Waals surface area contributed by atoms with E-state index in [0.29, 0.717) is 17.2 Å². The Kier molecular flexibility index (Phi) is 3.54. The van der Waals surface area contributed by atoms with Gasteiger partial charge in [-0.05, 0) is 25.0 Å². The molecule has 1 saturated carbocycles. The third kappa shape index (κ3) is 2.38. The smallest absolute Gasteiger partial charge is 0.317 e. The maximum Gasteiger partial charge on any atom is 0.317 e. The number of ketones is 1. The van der Waals surface area contributed by atoms with Gasteiger partial charge in [0.25, 0.3) is 0 Å². The molecule has 1 aromatic rings. The molecule has 0 aromatic carbocycles. The number of aliphatic carboxylic acids is 1. The average Bonchev–Trinajstić information content (AvgIpc) is 2.67. The van der Waals surface area contributed by atoms with Gasteiger partial charge in [-0.25, -0.2) is 0 Å². The predicted molar refractivity (Wildman–Crippen MR) is 66.6 cm³/mol. The van der Waals surface area contributed by atoms with Gasteiger partial charge in [-0.3, -0.25) is 9.59 Å². The van der Waals surface area contributed by atoms with Gasteiger partial charge >= 0.3 is 5.97 Å². The summed E-state index contributed by atoms with van der Waals surface area (Å²) < 4.78 is 0.629. The molecular weight excluding hydrogens is 260 g/mol. The Morgan fingerprint density at radius 1 is 1.47 bits per heavy atom. The Bertz CT molecular complexity index is 454. The Balaban J connectivity index is 2.28. The molecule has 0 bridgehead atoms. The number of rotatable bonds is 3. The first-order valence-electron chi connectivity index (χ1n) is 5.55. The third-order valence-electron chi connectivity index (χ3n) is 3.31. The van der Waals surface area contributed by atoms with E-state index in [-0.39, 0.29) is 12.2 Å². The molecule has 1 heterocycles. The van der Waals surface area contributed by atoms with Gasteiger partial charge in [0.1, 0.15) is 5.41 Å². The van der Waals surface area contributed by atoms with Crippen molar-refractivity contribution in [3.05, 3.63) is 21.3 Å². The fourth-order valence-electron chi connectivity index (χ4n) is 2.32. The summed E-state index contributed by atoms with van der Waals surface area (Å²) in [5.41, 5.74) is -1.22. The zero-order valence-electron chi connectivity index (χ0n) is 9.24. The van der Waals surface area contributed by atoms with Crippen molar-refractivity contribution >= 4 is 34.7 Å². The van der Waals surface area contributed by atoms with Gasteiger partial charge in [0.05, 0.1) is 4.34 Å². The summed E-state index contributed by atoms with van der Waals surface area (Å²) >= 11 is 7.17. The number of hydrogen-bond acceptors (Lipinski definition) is 3. The Hall–Kier alpha value is -0.870. The van der Waals surface area contributed by atoms with Crippen LogP contribution < -0.4 is 0 Å². The van der Waals surface area contributed by atoms with E-state index >= 15 is 0 Å². The van der Waals surface area contributed by atoms with Crippen molar-refractivity contribution in [3.63, 3.8) is 0 Å². The van der Waals surface area contributed by atoms with Crippen molar-refractivity contribution < 1.29 is 14.7 Å². The zero-order valence-corrected chi connectivity index (χ0v) is 10.8. The van der Waals surface area contributed by atoms with Gasteiger partial charge in [-0.1, -0.05) is 18.0 Å². The minimum Gasteiger partial charge on any atom is -0.480 e.